The molecule has 0 aliphatic heterocycles. The molecule has 0 heterocycles. The Labute approximate surface area is 117 Å². The normalized spacial score (nSPS) is 11.0. The summed E-state index contributed by atoms with van der Waals surface area (Å²) in [7, 11) is 0. The minimum atomic E-state index is -1.40. The minimum absolute atomic E-state index is 0. The Morgan fingerprint density at radius 2 is 1.92 bits per heavy atom. The molecular weight excluding hydrogens is 199 g/mol. The maximum absolute atomic E-state index is 11.1. The molecule has 1 aromatic carbocycles. The van der Waals surface area contributed by atoms with E-state index in [2.05, 4.69) is 10.8 Å². The Morgan fingerprint density at radius 1 is 1.33 bits per heavy atom. The van der Waals surface area contributed by atoms with E-state index in [0.717, 1.165) is 0 Å². The second kappa shape index (κ2) is 7.00. The van der Waals surface area contributed by atoms with Gasteiger partial charge in [-0.25, -0.2) is 4.21 Å². The molecule has 0 fully saturated rings. The third-order valence-electron chi connectivity index (χ3n) is 1.09. The third-order valence-corrected chi connectivity index (χ3v) is 2.06. The molecule has 1 rings (SSSR count). The quantitative estimate of drug-likeness (QED) is 0.551. The summed E-state index contributed by atoms with van der Waals surface area (Å²) in [6.45, 7) is 3.31. The van der Waals surface area contributed by atoms with Gasteiger partial charge in [0.25, 0.3) is 0 Å². The van der Waals surface area contributed by atoms with Crippen LogP contribution in [0.5, 0.6) is 0 Å². The molecule has 1 atom stereocenters. The van der Waals surface area contributed by atoms with Gasteiger partial charge in [-0.2, -0.15) is 0 Å². The number of rotatable bonds is 3. The Balaban J connectivity index is 0.00000121. The number of benzene rings is 1. The van der Waals surface area contributed by atoms with Gasteiger partial charge in [0.05, 0.1) is 11.2 Å². The molecule has 0 amide bonds. The summed E-state index contributed by atoms with van der Waals surface area (Å²) in [5.74, 6) is 0. The van der Waals surface area contributed by atoms with Gasteiger partial charge in [0, 0.05) is 0 Å². The molecule has 1 aromatic rings. The molecule has 0 aliphatic carbocycles. The summed E-state index contributed by atoms with van der Waals surface area (Å²) in [6.07, 6.45) is 1.17. The molecule has 0 aromatic heterocycles. The Morgan fingerprint density at radius 3 is 2.42 bits per heavy atom. The van der Waals surface area contributed by atoms with Crippen LogP contribution in [0.1, 0.15) is 0 Å². The topological polar surface area (TPSA) is 26.3 Å². The van der Waals surface area contributed by atoms with Gasteiger partial charge in [0.15, 0.2) is 0 Å². The van der Waals surface area contributed by atoms with Crippen molar-refractivity contribution in [3.8, 4) is 0 Å². The second-order valence-electron chi connectivity index (χ2n) is 1.81. The van der Waals surface area contributed by atoms with Crippen LogP contribution < -0.4 is 0 Å². The van der Waals surface area contributed by atoms with Crippen molar-refractivity contribution >= 4 is 62.5 Å². The zero-order chi connectivity index (χ0) is 8.10. The molecule has 0 radical (unpaired) electrons. The molecule has 0 bridgehead atoms. The fraction of sp³-hybridized carbons (Fsp3) is 0. The molecule has 0 saturated carbocycles. The van der Waals surface area contributed by atoms with Crippen molar-refractivity contribution in [1.82, 2.24) is 0 Å². The van der Waals surface area contributed by atoms with Crippen molar-refractivity contribution in [2.75, 3.05) is 0 Å². The first kappa shape index (κ1) is 12.5. The van der Waals surface area contributed by atoms with Crippen molar-refractivity contribution in [3.05, 3.63) is 43.2 Å². The summed E-state index contributed by atoms with van der Waals surface area (Å²) < 4.78 is 15.7. The molecule has 2 nitrogen and oxygen atoms in total. The molecule has 4 heteroatoms. The SMILES string of the molecule is C=COS(=O)c1ccccc1.[KH]. The van der Waals surface area contributed by atoms with Crippen molar-refractivity contribution in [2.45, 2.75) is 4.90 Å². The van der Waals surface area contributed by atoms with Crippen LogP contribution in [0.15, 0.2) is 48.1 Å². The summed E-state index contributed by atoms with van der Waals surface area (Å²) in [5.41, 5.74) is 0. The zero-order valence-corrected chi connectivity index (χ0v) is 6.71. The van der Waals surface area contributed by atoms with E-state index >= 15 is 0 Å². The van der Waals surface area contributed by atoms with Crippen molar-refractivity contribution in [2.24, 2.45) is 0 Å². The maximum atomic E-state index is 11.1. The van der Waals surface area contributed by atoms with Crippen LogP contribution in [-0.4, -0.2) is 55.6 Å². The Hall–Kier alpha value is 0.546. The van der Waals surface area contributed by atoms with Crippen molar-refractivity contribution < 1.29 is 8.39 Å². The summed E-state index contributed by atoms with van der Waals surface area (Å²) in [5, 5.41) is 0. The van der Waals surface area contributed by atoms with Gasteiger partial charge < -0.3 is 4.18 Å². The summed E-state index contributed by atoms with van der Waals surface area (Å²) in [6, 6.07) is 8.94. The molecule has 0 saturated heterocycles. The molecule has 0 aliphatic rings. The van der Waals surface area contributed by atoms with Gasteiger partial charge in [-0.15, -0.1) is 0 Å². The van der Waals surface area contributed by atoms with Crippen LogP contribution in [-0.2, 0) is 15.3 Å². The molecule has 1 unspecified atom stereocenters. The molecule has 12 heavy (non-hydrogen) atoms. The van der Waals surface area contributed by atoms with Gasteiger partial charge in [0.1, 0.15) is 0 Å². The molecule has 60 valence electrons. The molecule has 0 N–H and O–H groups in total. The van der Waals surface area contributed by atoms with Crippen molar-refractivity contribution in [3.63, 3.8) is 0 Å². The van der Waals surface area contributed by atoms with E-state index in [9.17, 15) is 4.21 Å². The van der Waals surface area contributed by atoms with E-state index < -0.39 is 11.1 Å². The average Bonchev–Trinajstić information content (AvgIpc) is 2.07. The van der Waals surface area contributed by atoms with Crippen LogP contribution in [0.2, 0.25) is 0 Å². The Kier molecular flexibility index (Phi) is 7.32. The average molecular weight is 208 g/mol. The third kappa shape index (κ3) is 3.98. The van der Waals surface area contributed by atoms with Gasteiger partial charge in [-0.05, 0) is 12.1 Å². The second-order valence-corrected chi connectivity index (χ2v) is 2.94. The van der Waals surface area contributed by atoms with E-state index in [-0.39, 0.29) is 51.4 Å². The van der Waals surface area contributed by atoms with E-state index in [1.54, 1.807) is 24.3 Å². The van der Waals surface area contributed by atoms with Crippen LogP contribution >= 0.6 is 0 Å². The van der Waals surface area contributed by atoms with E-state index in [1.165, 1.54) is 6.26 Å². The predicted octanol–water partition coefficient (Wildman–Crippen LogP) is 1.22. The molecule has 0 spiro atoms. The first-order valence-corrected chi connectivity index (χ1v) is 4.17. The number of hydrogen-bond acceptors (Lipinski definition) is 2. The predicted molar refractivity (Wildman–Crippen MR) is 51.3 cm³/mol. The van der Waals surface area contributed by atoms with Crippen LogP contribution in [0.4, 0.5) is 0 Å². The van der Waals surface area contributed by atoms with E-state index in [4.69, 9.17) is 0 Å². The van der Waals surface area contributed by atoms with Crippen molar-refractivity contribution in [1.29, 1.82) is 0 Å². The number of hydrogen-bond donors (Lipinski definition) is 0. The standard InChI is InChI=1S/C8H8O2S.K.H/c1-2-10-11(9)8-6-4-3-5-7-8;;/h2-7H,1H2;;. The van der Waals surface area contributed by atoms with Gasteiger partial charge in [-0.3, -0.25) is 0 Å². The van der Waals surface area contributed by atoms with Crippen LogP contribution in [0.3, 0.4) is 0 Å². The molecular formula is C8H9KO2S. The fourth-order valence-electron chi connectivity index (χ4n) is 0.649. The zero-order valence-electron chi connectivity index (χ0n) is 5.90. The van der Waals surface area contributed by atoms with Gasteiger partial charge >= 0.3 is 51.4 Å². The summed E-state index contributed by atoms with van der Waals surface area (Å²) >= 11 is -1.40. The monoisotopic (exact) mass is 208 g/mol. The van der Waals surface area contributed by atoms with Crippen LogP contribution in [0.25, 0.3) is 0 Å². The van der Waals surface area contributed by atoms with Gasteiger partial charge in [0.2, 0.25) is 11.1 Å². The summed E-state index contributed by atoms with van der Waals surface area (Å²) in [4.78, 5) is 0.646. The van der Waals surface area contributed by atoms with Gasteiger partial charge in [-0.1, -0.05) is 24.8 Å². The fourth-order valence-corrected chi connectivity index (χ4v) is 1.26. The first-order chi connectivity index (χ1) is 5.34. The van der Waals surface area contributed by atoms with E-state index in [0.29, 0.717) is 4.90 Å². The van der Waals surface area contributed by atoms with E-state index in [1.807, 2.05) is 6.07 Å². The van der Waals surface area contributed by atoms with Crippen LogP contribution in [0, 0.1) is 0 Å². The first-order valence-electron chi connectivity index (χ1n) is 3.09. The Bertz CT molecular complexity index is 261.